The largest absolute Gasteiger partial charge is 0.350 e. The number of amides is 2. The summed E-state index contributed by atoms with van der Waals surface area (Å²) in [5.74, 6) is 1.05. The van der Waals surface area contributed by atoms with Crippen LogP contribution < -0.4 is 5.32 Å². The quantitative estimate of drug-likeness (QED) is 0.902. The maximum atomic E-state index is 12.2. The number of hydrogen-bond acceptors (Lipinski definition) is 3. The molecule has 21 heavy (non-hydrogen) atoms. The van der Waals surface area contributed by atoms with E-state index in [1.807, 2.05) is 4.90 Å². The molecule has 0 aromatic carbocycles. The van der Waals surface area contributed by atoms with E-state index in [0.29, 0.717) is 30.5 Å². The molecule has 2 rings (SSSR count). The second-order valence-electron chi connectivity index (χ2n) is 6.09. The molecule has 1 fully saturated rings. The molecular weight excluding hydrogens is 268 g/mol. The Bertz CT molecular complexity index is 502. The molecule has 1 N–H and O–H groups in total. The van der Waals surface area contributed by atoms with Gasteiger partial charge in [0.1, 0.15) is 5.69 Å². The number of piperidine rings is 1. The van der Waals surface area contributed by atoms with Crippen LogP contribution in [0.3, 0.4) is 0 Å². The van der Waals surface area contributed by atoms with Crippen molar-refractivity contribution in [1.82, 2.24) is 20.0 Å². The van der Waals surface area contributed by atoms with Gasteiger partial charge in [0.2, 0.25) is 5.91 Å². The van der Waals surface area contributed by atoms with Crippen LogP contribution in [0.15, 0.2) is 12.3 Å². The van der Waals surface area contributed by atoms with E-state index in [4.69, 9.17) is 0 Å². The molecule has 6 nitrogen and oxygen atoms in total. The van der Waals surface area contributed by atoms with E-state index in [9.17, 15) is 9.59 Å². The van der Waals surface area contributed by atoms with Crippen LogP contribution in [0.4, 0.5) is 0 Å². The molecule has 1 aliphatic rings. The topological polar surface area (TPSA) is 67.2 Å². The summed E-state index contributed by atoms with van der Waals surface area (Å²) in [5, 5.41) is 6.72. The molecule has 2 unspecified atom stereocenters. The van der Waals surface area contributed by atoms with E-state index >= 15 is 0 Å². The van der Waals surface area contributed by atoms with Crippen LogP contribution in [0.1, 0.15) is 37.2 Å². The third-order valence-corrected chi connectivity index (χ3v) is 3.90. The Hall–Kier alpha value is -1.85. The second kappa shape index (κ2) is 6.74. The smallest absolute Gasteiger partial charge is 0.269 e. The maximum absolute atomic E-state index is 12.2. The maximum Gasteiger partial charge on any atom is 0.269 e. The van der Waals surface area contributed by atoms with Gasteiger partial charge in [-0.3, -0.25) is 14.3 Å². The van der Waals surface area contributed by atoms with Crippen LogP contribution in [0.5, 0.6) is 0 Å². The highest BCUT2D eigenvalue weighted by molar-refractivity contribution is 5.92. The summed E-state index contributed by atoms with van der Waals surface area (Å²) < 4.78 is 1.52. The van der Waals surface area contributed by atoms with Crippen LogP contribution in [0, 0.1) is 11.8 Å². The van der Waals surface area contributed by atoms with Crippen LogP contribution in [-0.2, 0) is 11.8 Å². The summed E-state index contributed by atoms with van der Waals surface area (Å²) in [7, 11) is 1.72. The van der Waals surface area contributed by atoms with Gasteiger partial charge in [0.15, 0.2) is 0 Å². The fourth-order valence-corrected chi connectivity index (χ4v) is 2.99. The second-order valence-corrected chi connectivity index (χ2v) is 6.09. The molecule has 1 aromatic rings. The van der Waals surface area contributed by atoms with Gasteiger partial charge in [0, 0.05) is 39.3 Å². The van der Waals surface area contributed by atoms with Crippen LogP contribution >= 0.6 is 0 Å². The van der Waals surface area contributed by atoms with Crippen LogP contribution in [-0.4, -0.2) is 46.1 Å². The lowest BCUT2D eigenvalue weighted by atomic mass is 9.92. The average Bonchev–Trinajstić information content (AvgIpc) is 2.83. The molecule has 1 aliphatic heterocycles. The first-order valence-electron chi connectivity index (χ1n) is 7.51. The minimum absolute atomic E-state index is 0.124. The summed E-state index contributed by atoms with van der Waals surface area (Å²) in [6.45, 7) is 6.39. The third-order valence-electron chi connectivity index (χ3n) is 3.90. The Morgan fingerprint density at radius 2 is 2.00 bits per heavy atom. The van der Waals surface area contributed by atoms with Crippen molar-refractivity contribution in [2.45, 2.75) is 26.7 Å². The monoisotopic (exact) mass is 292 g/mol. The van der Waals surface area contributed by atoms with Gasteiger partial charge >= 0.3 is 0 Å². The zero-order chi connectivity index (χ0) is 15.4. The first-order chi connectivity index (χ1) is 9.97. The highest BCUT2D eigenvalue weighted by Gasteiger charge is 2.25. The van der Waals surface area contributed by atoms with Gasteiger partial charge in [-0.05, 0) is 24.3 Å². The van der Waals surface area contributed by atoms with E-state index in [1.54, 1.807) is 19.3 Å². The molecule has 2 amide bonds. The summed E-state index contributed by atoms with van der Waals surface area (Å²) in [6.07, 6.45) is 3.11. The molecule has 0 radical (unpaired) electrons. The Balaban J connectivity index is 1.77. The predicted molar refractivity (Wildman–Crippen MR) is 79.7 cm³/mol. The lowest BCUT2D eigenvalue weighted by molar-refractivity contribution is -0.133. The van der Waals surface area contributed by atoms with Gasteiger partial charge in [-0.15, -0.1) is 0 Å². The fraction of sp³-hybridized carbons (Fsp3) is 0.667. The number of carbonyl (C=O) groups excluding carboxylic acids is 2. The standard InChI is InChI=1S/C15H24N4O2/c1-11-8-12(2)10-19(9-11)14(20)5-6-16-15(21)13-4-7-17-18(13)3/h4,7,11-12H,5-6,8-10H2,1-3H3,(H,16,21). The van der Waals surface area contributed by atoms with E-state index < -0.39 is 0 Å². The van der Waals surface area contributed by atoms with E-state index in [0.717, 1.165) is 13.1 Å². The number of hydrogen-bond donors (Lipinski definition) is 1. The minimum Gasteiger partial charge on any atom is -0.350 e. The number of aromatic nitrogens is 2. The Morgan fingerprint density at radius 3 is 2.57 bits per heavy atom. The van der Waals surface area contributed by atoms with E-state index in [-0.39, 0.29) is 11.8 Å². The molecule has 2 atom stereocenters. The Morgan fingerprint density at radius 1 is 1.33 bits per heavy atom. The molecule has 2 heterocycles. The lowest BCUT2D eigenvalue weighted by Crippen LogP contribution is -2.43. The number of nitrogens with one attached hydrogen (secondary N) is 1. The lowest BCUT2D eigenvalue weighted by Gasteiger charge is -2.35. The zero-order valence-electron chi connectivity index (χ0n) is 13.0. The average molecular weight is 292 g/mol. The first kappa shape index (κ1) is 15.5. The van der Waals surface area contributed by atoms with Gasteiger partial charge in [-0.25, -0.2) is 0 Å². The highest BCUT2D eigenvalue weighted by Crippen LogP contribution is 2.21. The third kappa shape index (κ3) is 4.06. The van der Waals surface area contributed by atoms with Crippen molar-refractivity contribution in [2.24, 2.45) is 18.9 Å². The van der Waals surface area contributed by atoms with Gasteiger partial charge in [0.05, 0.1) is 0 Å². The van der Waals surface area contributed by atoms with Crippen molar-refractivity contribution in [3.8, 4) is 0 Å². The summed E-state index contributed by atoms with van der Waals surface area (Å²) >= 11 is 0. The Kier molecular flexibility index (Phi) is 4.98. The number of nitrogens with zero attached hydrogens (tertiary/aromatic N) is 3. The Labute approximate surface area is 125 Å². The van der Waals surface area contributed by atoms with Gasteiger partial charge in [0.25, 0.3) is 5.91 Å². The van der Waals surface area contributed by atoms with Gasteiger partial charge in [-0.1, -0.05) is 13.8 Å². The van der Waals surface area contributed by atoms with Crippen molar-refractivity contribution in [3.05, 3.63) is 18.0 Å². The highest BCUT2D eigenvalue weighted by atomic mass is 16.2. The van der Waals surface area contributed by atoms with E-state index in [1.165, 1.54) is 11.1 Å². The molecule has 0 spiro atoms. The van der Waals surface area contributed by atoms with E-state index in [2.05, 4.69) is 24.3 Å². The molecule has 0 bridgehead atoms. The number of aryl methyl sites for hydroxylation is 1. The van der Waals surface area contributed by atoms with Gasteiger partial charge < -0.3 is 10.2 Å². The summed E-state index contributed by atoms with van der Waals surface area (Å²) in [6, 6.07) is 1.66. The van der Waals surface area contributed by atoms with Crippen molar-refractivity contribution in [3.63, 3.8) is 0 Å². The molecule has 116 valence electrons. The number of carbonyl (C=O) groups is 2. The van der Waals surface area contributed by atoms with Crippen LogP contribution in [0.2, 0.25) is 0 Å². The van der Waals surface area contributed by atoms with Crippen molar-refractivity contribution >= 4 is 11.8 Å². The molecular formula is C15H24N4O2. The van der Waals surface area contributed by atoms with Crippen LogP contribution in [0.25, 0.3) is 0 Å². The molecule has 1 saturated heterocycles. The van der Waals surface area contributed by atoms with Crippen molar-refractivity contribution in [1.29, 1.82) is 0 Å². The number of rotatable bonds is 4. The molecule has 6 heteroatoms. The fourth-order valence-electron chi connectivity index (χ4n) is 2.99. The minimum atomic E-state index is -0.191. The summed E-state index contributed by atoms with van der Waals surface area (Å²) in [4.78, 5) is 26.0. The first-order valence-corrected chi connectivity index (χ1v) is 7.51. The molecule has 0 aliphatic carbocycles. The molecule has 1 aromatic heterocycles. The summed E-state index contributed by atoms with van der Waals surface area (Å²) in [5.41, 5.74) is 0.502. The zero-order valence-corrected chi connectivity index (χ0v) is 13.0. The number of likely N-dealkylation sites (tertiary alicyclic amines) is 1. The van der Waals surface area contributed by atoms with Gasteiger partial charge in [-0.2, -0.15) is 5.10 Å². The predicted octanol–water partition coefficient (Wildman–Crippen LogP) is 1.04. The SMILES string of the molecule is CC1CC(C)CN(C(=O)CCNC(=O)c2ccnn2C)C1. The normalized spacial score (nSPS) is 22.1. The van der Waals surface area contributed by atoms with Crippen molar-refractivity contribution < 1.29 is 9.59 Å². The molecule has 0 saturated carbocycles. The van der Waals surface area contributed by atoms with Crippen molar-refractivity contribution in [2.75, 3.05) is 19.6 Å².